The number of nitrogens with one attached hydrogen (secondary N) is 1. The first-order valence-electron chi connectivity index (χ1n) is 11.4. The van der Waals surface area contributed by atoms with E-state index in [1.807, 2.05) is 24.3 Å². The summed E-state index contributed by atoms with van der Waals surface area (Å²) in [6.45, 7) is 1.89. The highest BCUT2D eigenvalue weighted by Gasteiger charge is 2.36. The standard InChI is InChI=1S/C25H28F3N3O3/c1-34-22-7-5-21(6-8-22)30-11-9-20(10-12-30)29-24(33)18-14-23(32)31(16-18)15-17-3-2-4-19(13-17)25(26,27)28/h2-8,13,18,20H,9-12,14-16H2,1H3,(H,29,33). The number of amides is 2. The molecule has 1 unspecified atom stereocenters. The van der Waals surface area contributed by atoms with E-state index < -0.39 is 17.7 Å². The number of ether oxygens (including phenoxy) is 1. The van der Waals surface area contributed by atoms with Gasteiger partial charge < -0.3 is 19.9 Å². The van der Waals surface area contributed by atoms with Gasteiger partial charge in [-0.3, -0.25) is 9.59 Å². The van der Waals surface area contributed by atoms with Crippen molar-refractivity contribution in [1.29, 1.82) is 0 Å². The maximum absolute atomic E-state index is 13.0. The van der Waals surface area contributed by atoms with E-state index in [4.69, 9.17) is 4.74 Å². The summed E-state index contributed by atoms with van der Waals surface area (Å²) < 4.78 is 44.1. The van der Waals surface area contributed by atoms with Gasteiger partial charge in [-0.1, -0.05) is 12.1 Å². The SMILES string of the molecule is COc1ccc(N2CCC(NC(=O)C3CC(=O)N(Cc4cccc(C(F)(F)F)c4)C3)CC2)cc1. The van der Waals surface area contributed by atoms with E-state index in [9.17, 15) is 22.8 Å². The second-order valence-corrected chi connectivity index (χ2v) is 8.84. The molecule has 6 nitrogen and oxygen atoms in total. The molecule has 4 rings (SSSR count). The van der Waals surface area contributed by atoms with E-state index in [0.29, 0.717) is 5.56 Å². The second-order valence-electron chi connectivity index (χ2n) is 8.84. The van der Waals surface area contributed by atoms with Crippen molar-refractivity contribution in [2.24, 2.45) is 5.92 Å². The number of anilines is 1. The highest BCUT2D eigenvalue weighted by molar-refractivity contribution is 5.89. The zero-order chi connectivity index (χ0) is 24.3. The normalized spacial score (nSPS) is 19.4. The van der Waals surface area contributed by atoms with E-state index in [0.717, 1.165) is 49.5 Å². The molecule has 0 aromatic heterocycles. The van der Waals surface area contributed by atoms with E-state index >= 15 is 0 Å². The summed E-state index contributed by atoms with van der Waals surface area (Å²) in [4.78, 5) is 28.9. The molecule has 9 heteroatoms. The molecule has 2 fully saturated rings. The minimum atomic E-state index is -4.43. The van der Waals surface area contributed by atoms with E-state index in [1.54, 1.807) is 13.2 Å². The molecule has 182 valence electrons. The number of carbonyl (C=O) groups excluding carboxylic acids is 2. The Labute approximate surface area is 196 Å². The number of carbonyl (C=O) groups is 2. The molecule has 2 aromatic rings. The van der Waals surface area contributed by atoms with Crippen LogP contribution in [0.25, 0.3) is 0 Å². The number of rotatable bonds is 6. The molecule has 2 amide bonds. The van der Waals surface area contributed by atoms with Crippen molar-refractivity contribution in [3.8, 4) is 5.75 Å². The summed E-state index contributed by atoms with van der Waals surface area (Å²) >= 11 is 0. The number of nitrogens with zero attached hydrogens (tertiary/aromatic N) is 2. The van der Waals surface area contributed by atoms with Crippen LogP contribution in [0, 0.1) is 5.92 Å². The summed E-state index contributed by atoms with van der Waals surface area (Å²) in [5.41, 5.74) is 0.763. The lowest BCUT2D eigenvalue weighted by Crippen LogP contribution is -2.46. The molecule has 0 saturated carbocycles. The Bertz CT molecular complexity index is 1020. The zero-order valence-electron chi connectivity index (χ0n) is 19.0. The first-order valence-corrected chi connectivity index (χ1v) is 11.4. The highest BCUT2D eigenvalue weighted by Crippen LogP contribution is 2.30. The number of hydrogen-bond donors (Lipinski definition) is 1. The predicted molar refractivity (Wildman–Crippen MR) is 121 cm³/mol. The van der Waals surface area contributed by atoms with Crippen molar-refractivity contribution >= 4 is 17.5 Å². The Hall–Kier alpha value is -3.23. The maximum atomic E-state index is 13.0. The summed E-state index contributed by atoms with van der Waals surface area (Å²) in [6.07, 6.45) is -2.76. The first-order chi connectivity index (χ1) is 16.2. The number of likely N-dealkylation sites (tertiary alicyclic amines) is 1. The van der Waals surface area contributed by atoms with Gasteiger partial charge in [-0.15, -0.1) is 0 Å². The Kier molecular flexibility index (Phi) is 7.00. The van der Waals surface area contributed by atoms with Gasteiger partial charge in [0.05, 0.1) is 18.6 Å². The first kappa shape index (κ1) is 23.9. The lowest BCUT2D eigenvalue weighted by Gasteiger charge is -2.34. The summed E-state index contributed by atoms with van der Waals surface area (Å²) in [5, 5.41) is 3.07. The van der Waals surface area contributed by atoms with Crippen LogP contribution in [0.5, 0.6) is 5.75 Å². The monoisotopic (exact) mass is 475 g/mol. The van der Waals surface area contributed by atoms with Crippen molar-refractivity contribution in [2.45, 2.75) is 38.0 Å². The van der Waals surface area contributed by atoms with Gasteiger partial charge in [-0.2, -0.15) is 13.2 Å². The van der Waals surface area contributed by atoms with Crippen LogP contribution in [0.1, 0.15) is 30.4 Å². The van der Waals surface area contributed by atoms with E-state index in [2.05, 4.69) is 10.2 Å². The van der Waals surface area contributed by atoms with Gasteiger partial charge in [0.2, 0.25) is 11.8 Å². The lowest BCUT2D eigenvalue weighted by molar-refractivity contribution is -0.137. The smallest absolute Gasteiger partial charge is 0.416 e. The van der Waals surface area contributed by atoms with Crippen LogP contribution in [0.4, 0.5) is 18.9 Å². The number of piperidine rings is 1. The Morgan fingerprint density at radius 2 is 1.82 bits per heavy atom. The van der Waals surface area contributed by atoms with Crippen molar-refractivity contribution < 1.29 is 27.5 Å². The molecular weight excluding hydrogens is 447 g/mol. The molecule has 1 N–H and O–H groups in total. The van der Waals surface area contributed by atoms with Gasteiger partial charge in [0.1, 0.15) is 5.75 Å². The minimum Gasteiger partial charge on any atom is -0.497 e. The predicted octanol–water partition coefficient (Wildman–Crippen LogP) is 3.85. The third kappa shape index (κ3) is 5.63. The minimum absolute atomic E-state index is 0.0367. The molecule has 2 aromatic carbocycles. The van der Waals surface area contributed by atoms with Crippen LogP contribution in [0.15, 0.2) is 48.5 Å². The van der Waals surface area contributed by atoms with E-state index in [-0.39, 0.29) is 37.4 Å². The third-order valence-corrected chi connectivity index (χ3v) is 6.49. The quantitative estimate of drug-likeness (QED) is 0.690. The second kappa shape index (κ2) is 9.95. The maximum Gasteiger partial charge on any atom is 0.416 e. The zero-order valence-corrected chi connectivity index (χ0v) is 19.0. The fraction of sp³-hybridized carbons (Fsp3) is 0.440. The van der Waals surface area contributed by atoms with Crippen LogP contribution in [0.3, 0.4) is 0 Å². The third-order valence-electron chi connectivity index (χ3n) is 6.49. The van der Waals surface area contributed by atoms with Crippen LogP contribution < -0.4 is 15.0 Å². The molecule has 2 saturated heterocycles. The largest absolute Gasteiger partial charge is 0.497 e. The molecule has 0 aliphatic carbocycles. The number of methoxy groups -OCH3 is 1. The topological polar surface area (TPSA) is 61.9 Å². The molecule has 1 atom stereocenters. The molecule has 2 aliphatic heterocycles. The van der Waals surface area contributed by atoms with Gasteiger partial charge >= 0.3 is 6.18 Å². The van der Waals surface area contributed by atoms with Crippen molar-refractivity contribution in [3.05, 3.63) is 59.7 Å². The summed E-state index contributed by atoms with van der Waals surface area (Å²) in [5.74, 6) is -0.0632. The van der Waals surface area contributed by atoms with Gasteiger partial charge in [-0.25, -0.2) is 0 Å². The number of benzene rings is 2. The van der Waals surface area contributed by atoms with Gasteiger partial charge in [0.15, 0.2) is 0 Å². The number of alkyl halides is 3. The Morgan fingerprint density at radius 1 is 1.12 bits per heavy atom. The summed E-state index contributed by atoms with van der Waals surface area (Å²) in [6, 6.07) is 12.9. The molecule has 0 radical (unpaired) electrons. The number of hydrogen-bond acceptors (Lipinski definition) is 4. The van der Waals surface area contributed by atoms with Crippen LogP contribution in [-0.4, -0.2) is 49.5 Å². The average molecular weight is 476 g/mol. The molecule has 34 heavy (non-hydrogen) atoms. The van der Waals surface area contributed by atoms with Crippen molar-refractivity contribution in [3.63, 3.8) is 0 Å². The fourth-order valence-electron chi connectivity index (χ4n) is 4.56. The lowest BCUT2D eigenvalue weighted by atomic mass is 10.0. The fourth-order valence-corrected chi connectivity index (χ4v) is 4.56. The molecule has 0 bridgehead atoms. The van der Waals surface area contributed by atoms with Gasteiger partial charge in [-0.05, 0) is 54.8 Å². The van der Waals surface area contributed by atoms with Crippen LogP contribution in [-0.2, 0) is 22.3 Å². The molecule has 2 aliphatic rings. The van der Waals surface area contributed by atoms with Gasteiger partial charge in [0.25, 0.3) is 0 Å². The van der Waals surface area contributed by atoms with E-state index in [1.165, 1.54) is 11.0 Å². The van der Waals surface area contributed by atoms with Crippen LogP contribution >= 0.6 is 0 Å². The summed E-state index contributed by atoms with van der Waals surface area (Å²) in [7, 11) is 1.63. The molecule has 2 heterocycles. The molecular formula is C25H28F3N3O3. The highest BCUT2D eigenvalue weighted by atomic mass is 19.4. The van der Waals surface area contributed by atoms with Gasteiger partial charge in [0, 0.05) is 44.3 Å². The van der Waals surface area contributed by atoms with Crippen LogP contribution in [0.2, 0.25) is 0 Å². The van der Waals surface area contributed by atoms with Crippen molar-refractivity contribution in [1.82, 2.24) is 10.2 Å². The average Bonchev–Trinajstić information content (AvgIpc) is 3.19. The number of halogens is 3. The molecule has 0 spiro atoms. The van der Waals surface area contributed by atoms with Crippen molar-refractivity contribution in [2.75, 3.05) is 31.6 Å². The Balaban J connectivity index is 1.27. The Morgan fingerprint density at radius 3 is 2.47 bits per heavy atom.